The Bertz CT molecular complexity index is 456. The molecule has 0 amide bonds. The summed E-state index contributed by atoms with van der Waals surface area (Å²) in [5.74, 6) is 0.317. The number of halogens is 1. The molecule has 16 heavy (non-hydrogen) atoms. The van der Waals surface area contributed by atoms with Crippen LogP contribution in [0.2, 0.25) is 0 Å². The van der Waals surface area contributed by atoms with Crippen LogP contribution in [0, 0.1) is 6.92 Å². The van der Waals surface area contributed by atoms with Gasteiger partial charge in [0.2, 0.25) is 0 Å². The second-order valence-corrected chi connectivity index (χ2v) is 4.52. The van der Waals surface area contributed by atoms with E-state index < -0.39 is 0 Å². The van der Waals surface area contributed by atoms with Crippen molar-refractivity contribution in [2.75, 3.05) is 0 Å². The van der Waals surface area contributed by atoms with Gasteiger partial charge in [-0.1, -0.05) is 18.2 Å². The molecule has 0 spiro atoms. The van der Waals surface area contributed by atoms with Gasteiger partial charge >= 0.3 is 0 Å². The second-order valence-electron chi connectivity index (χ2n) is 3.54. The smallest absolute Gasteiger partial charge is 0.118 e. The molecule has 1 heterocycles. The van der Waals surface area contributed by atoms with Gasteiger partial charge in [-0.15, -0.1) is 23.7 Å². The molecular formula is C12H14ClNOS. The van der Waals surface area contributed by atoms with Crippen LogP contribution in [0.15, 0.2) is 35.7 Å². The topological polar surface area (TPSA) is 46.2 Å². The Balaban J connectivity index is 0.00000128. The van der Waals surface area contributed by atoms with Gasteiger partial charge in [0.1, 0.15) is 5.75 Å². The molecule has 0 aliphatic rings. The molecule has 0 radical (unpaired) electrons. The maximum Gasteiger partial charge on any atom is 0.118 e. The highest BCUT2D eigenvalue weighted by Gasteiger charge is 2.10. The molecule has 0 aliphatic heterocycles. The predicted octanol–water partition coefficient (Wildman–Crippen LogP) is 3.23. The lowest BCUT2D eigenvalue weighted by Gasteiger charge is -2.11. The fourth-order valence-corrected chi connectivity index (χ4v) is 2.26. The number of aryl methyl sites for hydroxylation is 1. The molecule has 0 fully saturated rings. The molecule has 86 valence electrons. The molecule has 3 N–H and O–H groups in total. The van der Waals surface area contributed by atoms with Crippen LogP contribution in [-0.4, -0.2) is 5.11 Å². The van der Waals surface area contributed by atoms with E-state index in [1.54, 1.807) is 17.4 Å². The van der Waals surface area contributed by atoms with E-state index in [-0.39, 0.29) is 18.4 Å². The monoisotopic (exact) mass is 255 g/mol. The summed E-state index contributed by atoms with van der Waals surface area (Å²) in [7, 11) is 0. The Kier molecular flexibility index (Phi) is 4.35. The normalized spacial score (nSPS) is 11.9. The van der Waals surface area contributed by atoms with Crippen molar-refractivity contribution in [3.8, 4) is 5.75 Å². The molecule has 1 aromatic carbocycles. The van der Waals surface area contributed by atoms with Crippen molar-refractivity contribution in [1.82, 2.24) is 0 Å². The average molecular weight is 256 g/mol. The zero-order chi connectivity index (χ0) is 10.8. The van der Waals surface area contributed by atoms with Gasteiger partial charge in [-0.2, -0.15) is 0 Å². The number of thiophene rings is 1. The standard InChI is InChI=1S/C12H13NOS.ClH/c1-8-7-9(4-5-10(8)14)12(13)11-3-2-6-15-11;/h2-7,12,14H,13H2,1H3;1H/t12-;/m1./s1. The quantitative estimate of drug-likeness (QED) is 0.866. The average Bonchev–Trinajstić information content (AvgIpc) is 2.74. The van der Waals surface area contributed by atoms with Gasteiger partial charge in [0, 0.05) is 4.88 Å². The summed E-state index contributed by atoms with van der Waals surface area (Å²) in [6.45, 7) is 1.87. The summed E-state index contributed by atoms with van der Waals surface area (Å²) in [4.78, 5) is 1.14. The molecular weight excluding hydrogens is 242 g/mol. The third-order valence-electron chi connectivity index (χ3n) is 2.43. The summed E-state index contributed by atoms with van der Waals surface area (Å²) < 4.78 is 0. The maximum atomic E-state index is 9.42. The lowest BCUT2D eigenvalue weighted by molar-refractivity contribution is 0.470. The molecule has 2 aromatic rings. The van der Waals surface area contributed by atoms with E-state index in [0.29, 0.717) is 5.75 Å². The van der Waals surface area contributed by atoms with Gasteiger partial charge in [0.05, 0.1) is 6.04 Å². The molecule has 0 saturated heterocycles. The van der Waals surface area contributed by atoms with Crippen LogP contribution in [0.25, 0.3) is 0 Å². The van der Waals surface area contributed by atoms with Crippen molar-refractivity contribution < 1.29 is 5.11 Å². The molecule has 0 aliphatic carbocycles. The zero-order valence-corrected chi connectivity index (χ0v) is 10.5. The largest absolute Gasteiger partial charge is 0.508 e. The Morgan fingerprint density at radius 3 is 2.62 bits per heavy atom. The summed E-state index contributed by atoms with van der Waals surface area (Å²) in [5, 5.41) is 11.4. The number of benzene rings is 1. The fraction of sp³-hybridized carbons (Fsp3) is 0.167. The van der Waals surface area contributed by atoms with Gasteiger partial charge in [-0.3, -0.25) is 0 Å². The maximum absolute atomic E-state index is 9.42. The molecule has 1 atom stereocenters. The van der Waals surface area contributed by atoms with Crippen LogP contribution in [0.1, 0.15) is 22.0 Å². The molecule has 2 rings (SSSR count). The summed E-state index contributed by atoms with van der Waals surface area (Å²) >= 11 is 1.65. The van der Waals surface area contributed by atoms with E-state index in [9.17, 15) is 5.11 Å². The summed E-state index contributed by atoms with van der Waals surface area (Å²) in [6, 6.07) is 9.42. The van der Waals surface area contributed by atoms with Crippen molar-refractivity contribution in [1.29, 1.82) is 0 Å². The predicted molar refractivity (Wildman–Crippen MR) is 70.4 cm³/mol. The van der Waals surface area contributed by atoms with E-state index in [2.05, 4.69) is 0 Å². The third-order valence-corrected chi connectivity index (χ3v) is 3.39. The first-order chi connectivity index (χ1) is 7.18. The van der Waals surface area contributed by atoms with E-state index >= 15 is 0 Å². The number of rotatable bonds is 2. The molecule has 1 aromatic heterocycles. The molecule has 0 saturated carbocycles. The number of aromatic hydroxyl groups is 1. The third kappa shape index (κ3) is 2.55. The minimum absolute atomic E-state index is 0. The summed E-state index contributed by atoms with van der Waals surface area (Å²) in [5.41, 5.74) is 8.00. The molecule has 2 nitrogen and oxygen atoms in total. The van der Waals surface area contributed by atoms with Crippen molar-refractivity contribution in [2.24, 2.45) is 5.73 Å². The van der Waals surface area contributed by atoms with Crippen LogP contribution in [-0.2, 0) is 0 Å². The highest BCUT2D eigenvalue weighted by atomic mass is 35.5. The van der Waals surface area contributed by atoms with E-state index in [0.717, 1.165) is 16.0 Å². The Hall–Kier alpha value is -1.03. The first kappa shape index (κ1) is 13.0. The van der Waals surface area contributed by atoms with Crippen molar-refractivity contribution >= 4 is 23.7 Å². The van der Waals surface area contributed by atoms with Crippen molar-refractivity contribution in [3.63, 3.8) is 0 Å². The minimum atomic E-state index is -0.0932. The van der Waals surface area contributed by atoms with E-state index in [1.165, 1.54) is 0 Å². The van der Waals surface area contributed by atoms with Crippen LogP contribution in [0.5, 0.6) is 5.75 Å². The molecule has 4 heteroatoms. The van der Waals surface area contributed by atoms with Gasteiger partial charge < -0.3 is 10.8 Å². The van der Waals surface area contributed by atoms with Gasteiger partial charge in [0.25, 0.3) is 0 Å². The second kappa shape index (κ2) is 5.34. The first-order valence-corrected chi connectivity index (χ1v) is 5.65. The van der Waals surface area contributed by atoms with Crippen LogP contribution >= 0.6 is 23.7 Å². The minimum Gasteiger partial charge on any atom is -0.508 e. The fourth-order valence-electron chi connectivity index (χ4n) is 1.50. The highest BCUT2D eigenvalue weighted by Crippen LogP contribution is 2.26. The van der Waals surface area contributed by atoms with Crippen molar-refractivity contribution in [3.05, 3.63) is 51.7 Å². The zero-order valence-electron chi connectivity index (χ0n) is 8.88. The highest BCUT2D eigenvalue weighted by molar-refractivity contribution is 7.10. The first-order valence-electron chi connectivity index (χ1n) is 4.77. The number of phenols is 1. The lowest BCUT2D eigenvalue weighted by atomic mass is 10.0. The summed E-state index contributed by atoms with van der Waals surface area (Å²) in [6.07, 6.45) is 0. The van der Waals surface area contributed by atoms with Gasteiger partial charge in [-0.05, 0) is 35.6 Å². The lowest BCUT2D eigenvalue weighted by Crippen LogP contribution is -2.10. The van der Waals surface area contributed by atoms with Crippen LogP contribution in [0.3, 0.4) is 0 Å². The number of phenolic OH excluding ortho intramolecular Hbond substituents is 1. The Morgan fingerprint density at radius 1 is 1.31 bits per heavy atom. The molecule has 0 bridgehead atoms. The van der Waals surface area contributed by atoms with Gasteiger partial charge in [0.15, 0.2) is 0 Å². The SMILES string of the molecule is Cc1cc([C@@H](N)c2cccs2)ccc1O.Cl. The van der Waals surface area contributed by atoms with Crippen LogP contribution < -0.4 is 5.73 Å². The van der Waals surface area contributed by atoms with Crippen LogP contribution in [0.4, 0.5) is 0 Å². The number of hydrogen-bond donors (Lipinski definition) is 2. The molecule has 0 unspecified atom stereocenters. The van der Waals surface area contributed by atoms with E-state index in [4.69, 9.17) is 5.73 Å². The number of hydrogen-bond acceptors (Lipinski definition) is 3. The Morgan fingerprint density at radius 2 is 2.06 bits per heavy atom. The Labute approximate surface area is 105 Å². The van der Waals surface area contributed by atoms with E-state index in [1.807, 2.05) is 36.6 Å². The van der Waals surface area contributed by atoms with Gasteiger partial charge in [-0.25, -0.2) is 0 Å². The number of nitrogens with two attached hydrogens (primary N) is 1. The van der Waals surface area contributed by atoms with Crippen molar-refractivity contribution in [2.45, 2.75) is 13.0 Å².